The van der Waals surface area contributed by atoms with E-state index < -0.39 is 54.4 Å². The summed E-state index contributed by atoms with van der Waals surface area (Å²) in [5.41, 5.74) is 0.692. The molecule has 47 heavy (non-hydrogen) atoms. The van der Waals surface area contributed by atoms with E-state index in [1.165, 1.54) is 27.7 Å². The van der Waals surface area contributed by atoms with Gasteiger partial charge in [-0.2, -0.15) is 0 Å². The second-order valence-electron chi connectivity index (χ2n) is 10.2. The van der Waals surface area contributed by atoms with E-state index in [1.807, 2.05) is 0 Å². The van der Waals surface area contributed by atoms with Gasteiger partial charge in [0.2, 0.25) is 0 Å². The Balaban J connectivity index is 4.96. The minimum absolute atomic E-state index is 0.0364. The van der Waals surface area contributed by atoms with Gasteiger partial charge in [-0.3, -0.25) is 0 Å². The van der Waals surface area contributed by atoms with Crippen LogP contribution < -0.4 is 10.6 Å². The third-order valence-electron chi connectivity index (χ3n) is 5.17. The van der Waals surface area contributed by atoms with Crippen LogP contribution in [-0.2, 0) is 57.1 Å². The zero-order valence-corrected chi connectivity index (χ0v) is 27.6. The predicted molar refractivity (Wildman–Crippen MR) is 166 cm³/mol. The quantitative estimate of drug-likeness (QED) is 0.0693. The van der Waals surface area contributed by atoms with Crippen LogP contribution in [0.1, 0.15) is 34.6 Å². The van der Waals surface area contributed by atoms with Crippen LogP contribution in [0.2, 0.25) is 0 Å². The van der Waals surface area contributed by atoms with Crippen LogP contribution in [0.15, 0.2) is 48.6 Å². The lowest BCUT2D eigenvalue weighted by Gasteiger charge is -2.22. The van der Waals surface area contributed by atoms with Crippen molar-refractivity contribution in [2.24, 2.45) is 0 Å². The van der Waals surface area contributed by atoms with Crippen molar-refractivity contribution in [3.8, 4) is 0 Å². The van der Waals surface area contributed by atoms with Crippen LogP contribution in [0, 0.1) is 0 Å². The Kier molecular flexibility index (Phi) is 21.2. The van der Waals surface area contributed by atoms with E-state index in [1.54, 1.807) is 6.92 Å². The maximum atomic E-state index is 12.2. The number of rotatable bonds is 23. The van der Waals surface area contributed by atoms with Crippen molar-refractivity contribution in [2.75, 3.05) is 59.3 Å². The van der Waals surface area contributed by atoms with Crippen molar-refractivity contribution >= 4 is 36.1 Å². The van der Waals surface area contributed by atoms with Gasteiger partial charge in [0.25, 0.3) is 0 Å². The molecule has 0 rings (SSSR count). The van der Waals surface area contributed by atoms with Gasteiger partial charge in [0.05, 0.1) is 39.0 Å². The molecule has 2 amide bonds. The van der Waals surface area contributed by atoms with Gasteiger partial charge in [-0.05, 0) is 34.6 Å². The highest BCUT2D eigenvalue weighted by atomic mass is 16.6. The van der Waals surface area contributed by atoms with Crippen LogP contribution in [-0.4, -0.2) is 114 Å². The maximum absolute atomic E-state index is 12.2. The lowest BCUT2D eigenvalue weighted by atomic mass is 10.3. The number of nitrogens with one attached hydrogen (secondary N) is 2. The van der Waals surface area contributed by atoms with Gasteiger partial charge in [-0.25, -0.2) is 28.8 Å². The van der Waals surface area contributed by atoms with Crippen LogP contribution in [0.5, 0.6) is 0 Å². The Labute approximate surface area is 274 Å². The standard InChI is InChI=1S/C31H46N2O14/c1-19(2)26(34)41-12-10-32-30(38)46-24(17-44-28(36)21(5)6)15-40-14-23(9)43-16-25(18-45-29(37)22(7)8)47-31(39)33-11-13-42-27(35)20(3)4/h23-25H,1,3,5,7,10-18H2,2,4,6,8-9H3,(H,32,38)(H,33,39). The minimum atomic E-state index is -1.03. The number of alkyl carbamates (subject to hydrolysis) is 2. The van der Waals surface area contributed by atoms with Gasteiger partial charge >= 0.3 is 36.1 Å². The molecule has 0 saturated heterocycles. The molecule has 264 valence electrons. The Morgan fingerprint density at radius 2 is 0.894 bits per heavy atom. The number of ether oxygens (including phenoxy) is 8. The van der Waals surface area contributed by atoms with Crippen LogP contribution >= 0.6 is 0 Å². The summed E-state index contributed by atoms with van der Waals surface area (Å²) in [4.78, 5) is 71.0. The highest BCUT2D eigenvalue weighted by molar-refractivity contribution is 5.88. The lowest BCUT2D eigenvalue weighted by molar-refractivity contribution is -0.145. The van der Waals surface area contributed by atoms with Gasteiger partial charge in [0.15, 0.2) is 12.2 Å². The number of hydrogen-bond donors (Lipinski definition) is 2. The largest absolute Gasteiger partial charge is 0.460 e. The van der Waals surface area contributed by atoms with Gasteiger partial charge in [-0.1, -0.05) is 26.3 Å². The number of carbonyl (C=O) groups excluding carboxylic acids is 6. The molecule has 0 aromatic heterocycles. The highest BCUT2D eigenvalue weighted by Gasteiger charge is 2.21. The second-order valence-corrected chi connectivity index (χ2v) is 10.2. The van der Waals surface area contributed by atoms with E-state index in [9.17, 15) is 28.8 Å². The average molecular weight is 671 g/mol. The van der Waals surface area contributed by atoms with E-state index in [2.05, 4.69) is 36.9 Å². The van der Waals surface area contributed by atoms with Crippen molar-refractivity contribution in [3.63, 3.8) is 0 Å². The SMILES string of the molecule is C=C(C)C(=O)OCCNC(=O)OC(COCC(C)OCC(COC(=O)C(=C)C)OC(=O)NCCOC(=O)C(=C)C)COC(=O)C(=C)C. The third-order valence-corrected chi connectivity index (χ3v) is 5.17. The van der Waals surface area contributed by atoms with E-state index in [0.717, 1.165) is 0 Å². The van der Waals surface area contributed by atoms with Gasteiger partial charge < -0.3 is 48.5 Å². The molecule has 0 aromatic rings. The molecule has 16 heteroatoms. The van der Waals surface area contributed by atoms with Gasteiger partial charge in [0.1, 0.15) is 26.4 Å². The number of carbonyl (C=O) groups is 6. The van der Waals surface area contributed by atoms with Crippen molar-refractivity contribution < 1.29 is 66.7 Å². The summed E-state index contributed by atoms with van der Waals surface area (Å²) >= 11 is 0. The van der Waals surface area contributed by atoms with E-state index in [4.69, 9.17) is 37.9 Å². The van der Waals surface area contributed by atoms with E-state index >= 15 is 0 Å². The van der Waals surface area contributed by atoms with Crippen molar-refractivity contribution in [1.82, 2.24) is 10.6 Å². The first-order valence-electron chi connectivity index (χ1n) is 14.4. The molecule has 3 unspecified atom stereocenters. The van der Waals surface area contributed by atoms with Crippen LogP contribution in [0.4, 0.5) is 9.59 Å². The fourth-order valence-corrected chi connectivity index (χ4v) is 2.73. The summed E-state index contributed by atoms with van der Waals surface area (Å²) in [7, 11) is 0. The molecule has 16 nitrogen and oxygen atoms in total. The van der Waals surface area contributed by atoms with Crippen LogP contribution in [0.25, 0.3) is 0 Å². The fraction of sp³-hybridized carbons (Fsp3) is 0.548. The molecule has 0 saturated carbocycles. The summed E-state index contributed by atoms with van der Waals surface area (Å²) in [6.07, 6.45) is -4.42. The molecule has 0 spiro atoms. The van der Waals surface area contributed by atoms with Crippen LogP contribution in [0.3, 0.4) is 0 Å². The predicted octanol–water partition coefficient (Wildman–Crippen LogP) is 2.07. The van der Waals surface area contributed by atoms with Gasteiger partial charge in [-0.15, -0.1) is 0 Å². The molecule has 2 N–H and O–H groups in total. The molecular weight excluding hydrogens is 624 g/mol. The topological polar surface area (TPSA) is 200 Å². The van der Waals surface area contributed by atoms with Crippen molar-refractivity contribution in [2.45, 2.75) is 52.9 Å². The summed E-state index contributed by atoms with van der Waals surface area (Å²) in [6, 6.07) is 0. The maximum Gasteiger partial charge on any atom is 0.407 e. The molecule has 0 aromatic carbocycles. The molecule has 0 aliphatic carbocycles. The first kappa shape index (κ1) is 42.3. The summed E-state index contributed by atoms with van der Waals surface area (Å²) in [5, 5.41) is 4.80. The molecule has 0 bridgehead atoms. The van der Waals surface area contributed by atoms with E-state index in [0.29, 0.717) is 0 Å². The second kappa shape index (κ2) is 23.6. The Morgan fingerprint density at radius 3 is 1.28 bits per heavy atom. The Bertz CT molecular complexity index is 1150. The normalized spacial score (nSPS) is 12.2. The van der Waals surface area contributed by atoms with Crippen molar-refractivity contribution in [3.05, 3.63) is 48.6 Å². The molecule has 3 atom stereocenters. The molecule has 0 radical (unpaired) electrons. The number of hydrogen-bond acceptors (Lipinski definition) is 14. The highest BCUT2D eigenvalue weighted by Crippen LogP contribution is 2.05. The monoisotopic (exact) mass is 670 g/mol. The smallest absolute Gasteiger partial charge is 0.407 e. The summed E-state index contributed by atoms with van der Waals surface area (Å²) in [5.74, 6) is -2.61. The number of esters is 4. The molecule has 0 aliphatic rings. The first-order chi connectivity index (χ1) is 22.0. The molecule has 0 fully saturated rings. The van der Waals surface area contributed by atoms with Gasteiger partial charge in [0, 0.05) is 22.3 Å². The molecule has 0 heterocycles. The zero-order valence-electron chi connectivity index (χ0n) is 27.6. The Morgan fingerprint density at radius 1 is 0.532 bits per heavy atom. The van der Waals surface area contributed by atoms with E-state index in [-0.39, 0.29) is 81.6 Å². The lowest BCUT2D eigenvalue weighted by Crippen LogP contribution is -2.38. The summed E-state index contributed by atoms with van der Waals surface area (Å²) < 4.78 is 41.8. The minimum Gasteiger partial charge on any atom is -0.460 e. The molecular formula is C31H46N2O14. The fourth-order valence-electron chi connectivity index (χ4n) is 2.73. The zero-order chi connectivity index (χ0) is 35.9. The average Bonchev–Trinajstić information content (AvgIpc) is 3.00. The third kappa shape index (κ3) is 21.6. The Hall–Kier alpha value is -4.70. The number of amides is 2. The van der Waals surface area contributed by atoms with Crippen molar-refractivity contribution in [1.29, 1.82) is 0 Å². The summed E-state index contributed by atoms with van der Waals surface area (Å²) in [6.45, 7) is 19.9. The molecule has 0 aliphatic heterocycles. The first-order valence-corrected chi connectivity index (χ1v) is 14.4.